The van der Waals surface area contributed by atoms with Crippen LogP contribution in [0.5, 0.6) is 11.5 Å². The van der Waals surface area contributed by atoms with Crippen LogP contribution in [0.25, 0.3) is 0 Å². The predicted octanol–water partition coefficient (Wildman–Crippen LogP) is 2.25. The number of nitrogens with two attached hydrogens (primary N) is 1. The number of ether oxygens (including phenoxy) is 1. The summed E-state index contributed by atoms with van der Waals surface area (Å²) in [6, 6.07) is 7.22. The van der Waals surface area contributed by atoms with Gasteiger partial charge in [0.05, 0.1) is 5.69 Å². The van der Waals surface area contributed by atoms with Crippen molar-refractivity contribution >= 4 is 15.7 Å². The highest BCUT2D eigenvalue weighted by Gasteiger charge is 2.16. The van der Waals surface area contributed by atoms with Gasteiger partial charge in [-0.1, -0.05) is 6.07 Å². The molecule has 0 aliphatic heterocycles. The normalized spacial score (nSPS) is 11.4. The van der Waals surface area contributed by atoms with Crippen LogP contribution in [0.2, 0.25) is 0 Å². The summed E-state index contributed by atoms with van der Waals surface area (Å²) in [6.07, 6.45) is 0. The zero-order chi connectivity index (χ0) is 15.6. The first-order valence-electron chi connectivity index (χ1n) is 5.80. The molecular weight excluding hydrogens is 302 g/mol. The number of hydrogen-bond acceptors (Lipinski definition) is 4. The van der Waals surface area contributed by atoms with Gasteiger partial charge in [-0.3, -0.25) is 0 Å². The van der Waals surface area contributed by atoms with E-state index in [0.717, 1.165) is 6.07 Å². The maximum absolute atomic E-state index is 13.5. The van der Waals surface area contributed by atoms with E-state index in [1.54, 1.807) is 0 Å². The highest BCUT2D eigenvalue weighted by atomic mass is 32.2. The molecule has 0 spiro atoms. The van der Waals surface area contributed by atoms with Gasteiger partial charge >= 0.3 is 0 Å². The van der Waals surface area contributed by atoms with E-state index in [9.17, 15) is 17.2 Å². The molecule has 0 fully saturated rings. The van der Waals surface area contributed by atoms with Gasteiger partial charge in [-0.2, -0.15) is 4.39 Å². The molecule has 3 N–H and O–H groups in total. The summed E-state index contributed by atoms with van der Waals surface area (Å²) >= 11 is 0. The highest BCUT2D eigenvalue weighted by Crippen LogP contribution is 2.29. The Bertz CT molecular complexity index is 779. The average molecular weight is 314 g/mol. The van der Waals surface area contributed by atoms with Crippen molar-refractivity contribution in [3.05, 3.63) is 48.0 Å². The summed E-state index contributed by atoms with van der Waals surface area (Å²) in [4.78, 5) is -0.128. The molecule has 8 heteroatoms. The van der Waals surface area contributed by atoms with E-state index in [1.165, 1.54) is 37.4 Å². The Balaban J connectivity index is 2.36. The first-order valence-corrected chi connectivity index (χ1v) is 7.28. The van der Waals surface area contributed by atoms with Gasteiger partial charge < -0.3 is 10.5 Å². The van der Waals surface area contributed by atoms with Gasteiger partial charge in [-0.05, 0) is 31.3 Å². The van der Waals surface area contributed by atoms with Crippen LogP contribution in [-0.4, -0.2) is 15.5 Å². The molecule has 0 bridgehead atoms. The lowest BCUT2D eigenvalue weighted by molar-refractivity contribution is 0.416. The maximum atomic E-state index is 13.5. The third kappa shape index (κ3) is 3.11. The van der Waals surface area contributed by atoms with Gasteiger partial charge in [0.2, 0.25) is 15.8 Å². The van der Waals surface area contributed by atoms with E-state index >= 15 is 0 Å². The van der Waals surface area contributed by atoms with E-state index in [1.807, 2.05) is 0 Å². The number of nitrogens with one attached hydrogen (secondary N) is 1. The molecule has 2 aromatic carbocycles. The molecule has 0 atom stereocenters. The molecule has 21 heavy (non-hydrogen) atoms. The summed E-state index contributed by atoms with van der Waals surface area (Å²) in [6.45, 7) is 0. The van der Waals surface area contributed by atoms with Crippen LogP contribution >= 0.6 is 0 Å². The third-order valence-corrected chi connectivity index (χ3v) is 4.17. The van der Waals surface area contributed by atoms with Crippen molar-refractivity contribution in [1.82, 2.24) is 4.72 Å². The SMILES string of the molecule is CNS(=O)(=O)c1ccc(Oc2cccc(F)c2F)cc1N. The average Bonchev–Trinajstić information content (AvgIpc) is 2.44. The van der Waals surface area contributed by atoms with Crippen molar-refractivity contribution in [3.8, 4) is 11.5 Å². The number of sulfonamides is 1. The first kappa shape index (κ1) is 15.2. The van der Waals surface area contributed by atoms with Crippen LogP contribution in [0, 0.1) is 11.6 Å². The second-order valence-corrected chi connectivity index (χ2v) is 5.92. The Morgan fingerprint density at radius 3 is 2.52 bits per heavy atom. The first-order chi connectivity index (χ1) is 9.85. The Labute approximate surface area is 120 Å². The quantitative estimate of drug-likeness (QED) is 0.848. The Morgan fingerprint density at radius 1 is 1.19 bits per heavy atom. The van der Waals surface area contributed by atoms with Crippen LogP contribution in [-0.2, 0) is 10.0 Å². The van der Waals surface area contributed by atoms with Gasteiger partial charge in [0.25, 0.3) is 0 Å². The van der Waals surface area contributed by atoms with Crippen LogP contribution < -0.4 is 15.2 Å². The molecule has 0 aliphatic carbocycles. The molecule has 0 unspecified atom stereocenters. The van der Waals surface area contributed by atoms with Crippen molar-refractivity contribution in [1.29, 1.82) is 0 Å². The van der Waals surface area contributed by atoms with E-state index in [-0.39, 0.29) is 22.1 Å². The van der Waals surface area contributed by atoms with Crippen LogP contribution in [0.1, 0.15) is 0 Å². The summed E-state index contributed by atoms with van der Waals surface area (Å²) < 4.78 is 57.1. The number of rotatable bonds is 4. The lowest BCUT2D eigenvalue weighted by atomic mass is 10.3. The smallest absolute Gasteiger partial charge is 0.242 e. The number of halogens is 2. The van der Waals surface area contributed by atoms with Crippen molar-refractivity contribution in [2.24, 2.45) is 0 Å². The Hall–Kier alpha value is -2.19. The summed E-state index contributed by atoms with van der Waals surface area (Å²) in [5.41, 5.74) is 5.57. The fourth-order valence-corrected chi connectivity index (χ4v) is 2.47. The van der Waals surface area contributed by atoms with E-state index in [2.05, 4.69) is 4.72 Å². The fourth-order valence-electron chi connectivity index (χ4n) is 1.63. The standard InChI is InChI=1S/C13H12F2N2O3S/c1-17-21(18,19)12-6-5-8(7-10(12)16)20-11-4-2-3-9(14)13(11)15/h2-7,17H,16H2,1H3. The molecule has 2 aromatic rings. The molecule has 0 radical (unpaired) electrons. The van der Waals surface area contributed by atoms with Gasteiger partial charge in [-0.15, -0.1) is 0 Å². The minimum atomic E-state index is -3.70. The summed E-state index contributed by atoms with van der Waals surface area (Å²) in [7, 11) is -2.45. The molecule has 0 amide bonds. The molecule has 0 aliphatic rings. The molecule has 2 rings (SSSR count). The highest BCUT2D eigenvalue weighted by molar-refractivity contribution is 7.89. The number of benzene rings is 2. The van der Waals surface area contributed by atoms with Gasteiger partial charge in [0.1, 0.15) is 10.6 Å². The summed E-state index contributed by atoms with van der Waals surface area (Å²) in [5.74, 6) is -2.41. The fraction of sp³-hybridized carbons (Fsp3) is 0.0769. The minimum absolute atomic E-state index is 0.0707. The van der Waals surface area contributed by atoms with Crippen LogP contribution in [0.4, 0.5) is 14.5 Å². The van der Waals surface area contributed by atoms with Crippen molar-refractivity contribution in [2.45, 2.75) is 4.90 Å². The molecule has 112 valence electrons. The van der Waals surface area contributed by atoms with Crippen molar-refractivity contribution in [3.63, 3.8) is 0 Å². The molecule has 0 aromatic heterocycles. The largest absolute Gasteiger partial charge is 0.454 e. The van der Waals surface area contributed by atoms with Crippen LogP contribution in [0.3, 0.4) is 0 Å². The molecule has 5 nitrogen and oxygen atoms in total. The molecule has 0 saturated carbocycles. The van der Waals surface area contributed by atoms with Gasteiger partial charge in [-0.25, -0.2) is 17.5 Å². The molecular formula is C13H12F2N2O3S. The zero-order valence-corrected chi connectivity index (χ0v) is 11.7. The topological polar surface area (TPSA) is 81.4 Å². The van der Waals surface area contributed by atoms with Gasteiger partial charge in [0, 0.05) is 6.07 Å². The van der Waals surface area contributed by atoms with Gasteiger partial charge in [0.15, 0.2) is 11.6 Å². The van der Waals surface area contributed by atoms with E-state index in [4.69, 9.17) is 10.5 Å². The van der Waals surface area contributed by atoms with E-state index in [0.29, 0.717) is 0 Å². The number of anilines is 1. The van der Waals surface area contributed by atoms with Crippen molar-refractivity contribution in [2.75, 3.05) is 12.8 Å². The van der Waals surface area contributed by atoms with E-state index < -0.39 is 21.7 Å². The Kier molecular flexibility index (Phi) is 4.10. The number of nitrogen functional groups attached to an aromatic ring is 1. The molecule has 0 heterocycles. The monoisotopic (exact) mass is 314 g/mol. The minimum Gasteiger partial charge on any atom is -0.454 e. The maximum Gasteiger partial charge on any atom is 0.242 e. The Morgan fingerprint density at radius 2 is 1.90 bits per heavy atom. The molecule has 0 saturated heterocycles. The number of hydrogen-bond donors (Lipinski definition) is 2. The third-order valence-electron chi connectivity index (χ3n) is 2.68. The lowest BCUT2D eigenvalue weighted by Gasteiger charge is -2.10. The van der Waals surface area contributed by atoms with Crippen LogP contribution in [0.15, 0.2) is 41.3 Å². The zero-order valence-electron chi connectivity index (χ0n) is 10.9. The lowest BCUT2D eigenvalue weighted by Crippen LogP contribution is -2.19. The second kappa shape index (κ2) is 5.66. The predicted molar refractivity (Wildman–Crippen MR) is 73.5 cm³/mol. The second-order valence-electron chi connectivity index (χ2n) is 4.06. The van der Waals surface area contributed by atoms with Crippen molar-refractivity contribution < 1.29 is 21.9 Å². The summed E-state index contributed by atoms with van der Waals surface area (Å²) in [5, 5.41) is 0.